The largest absolute Gasteiger partial charge is 0.361 e. The Morgan fingerprint density at radius 2 is 2.18 bits per heavy atom. The number of nitrogens with one attached hydrogen (secondary N) is 1. The summed E-state index contributed by atoms with van der Waals surface area (Å²) in [5.74, 6) is 3.19. The predicted molar refractivity (Wildman–Crippen MR) is 77.1 cm³/mol. The lowest BCUT2D eigenvalue weighted by Crippen LogP contribution is -2.26. The molecule has 7 nitrogen and oxygen atoms in total. The van der Waals surface area contributed by atoms with Gasteiger partial charge in [0.15, 0.2) is 5.82 Å². The summed E-state index contributed by atoms with van der Waals surface area (Å²) in [6, 6.07) is 2.31. The molecule has 2 saturated carbocycles. The number of aryl methyl sites for hydroxylation is 1. The first-order chi connectivity index (χ1) is 10.7. The standard InChI is InChI=1S/C15H19N5O2/c1-9-6-11(19-22-9)7-14(21)16-8-13-17-18-15(10-2-3-10)20(13)12-4-5-12/h6,10,12H,2-5,7-8H2,1H3,(H,16,21). The fourth-order valence-corrected chi connectivity index (χ4v) is 2.71. The van der Waals surface area contributed by atoms with Crippen LogP contribution in [0.3, 0.4) is 0 Å². The van der Waals surface area contributed by atoms with Crippen LogP contribution in [0.4, 0.5) is 0 Å². The normalized spacial score (nSPS) is 17.7. The predicted octanol–water partition coefficient (Wildman–Crippen LogP) is 1.65. The van der Waals surface area contributed by atoms with E-state index in [4.69, 9.17) is 4.52 Å². The molecule has 2 fully saturated rings. The van der Waals surface area contributed by atoms with Crippen molar-refractivity contribution in [1.82, 2.24) is 25.2 Å². The van der Waals surface area contributed by atoms with Gasteiger partial charge in [-0.1, -0.05) is 5.16 Å². The molecule has 0 spiro atoms. The summed E-state index contributed by atoms with van der Waals surface area (Å²) in [7, 11) is 0. The zero-order valence-corrected chi connectivity index (χ0v) is 12.6. The molecule has 116 valence electrons. The molecule has 7 heteroatoms. The Hall–Kier alpha value is -2.18. The third-order valence-corrected chi connectivity index (χ3v) is 4.11. The fraction of sp³-hybridized carbons (Fsp3) is 0.600. The van der Waals surface area contributed by atoms with E-state index in [2.05, 4.69) is 25.2 Å². The molecule has 1 N–H and O–H groups in total. The second-order valence-corrected chi connectivity index (χ2v) is 6.23. The Labute approximate surface area is 128 Å². The van der Waals surface area contributed by atoms with Crippen LogP contribution in [-0.2, 0) is 17.8 Å². The number of carbonyl (C=O) groups is 1. The monoisotopic (exact) mass is 301 g/mol. The summed E-state index contributed by atoms with van der Waals surface area (Å²) < 4.78 is 7.22. The van der Waals surface area contributed by atoms with E-state index in [-0.39, 0.29) is 12.3 Å². The number of hydrogen-bond donors (Lipinski definition) is 1. The summed E-state index contributed by atoms with van der Waals surface area (Å²) in [5.41, 5.74) is 0.650. The van der Waals surface area contributed by atoms with Gasteiger partial charge in [-0.15, -0.1) is 10.2 Å². The average molecular weight is 301 g/mol. The van der Waals surface area contributed by atoms with Gasteiger partial charge >= 0.3 is 0 Å². The van der Waals surface area contributed by atoms with E-state index in [1.54, 1.807) is 6.07 Å². The van der Waals surface area contributed by atoms with Crippen molar-refractivity contribution in [3.8, 4) is 0 Å². The molecule has 0 aromatic carbocycles. The molecule has 0 unspecified atom stereocenters. The van der Waals surface area contributed by atoms with Gasteiger partial charge in [-0.05, 0) is 32.6 Å². The Morgan fingerprint density at radius 1 is 1.36 bits per heavy atom. The van der Waals surface area contributed by atoms with E-state index in [0.29, 0.717) is 30.0 Å². The van der Waals surface area contributed by atoms with E-state index in [0.717, 1.165) is 11.6 Å². The maximum absolute atomic E-state index is 12.0. The summed E-state index contributed by atoms with van der Waals surface area (Å²) in [5, 5.41) is 15.4. The molecule has 0 radical (unpaired) electrons. The van der Waals surface area contributed by atoms with Gasteiger partial charge in [-0.2, -0.15) is 0 Å². The van der Waals surface area contributed by atoms with Gasteiger partial charge in [0.1, 0.15) is 11.6 Å². The maximum Gasteiger partial charge on any atom is 0.226 e. The van der Waals surface area contributed by atoms with Crippen molar-refractivity contribution < 1.29 is 9.32 Å². The highest BCUT2D eigenvalue weighted by atomic mass is 16.5. The van der Waals surface area contributed by atoms with Crippen LogP contribution in [0.15, 0.2) is 10.6 Å². The second-order valence-electron chi connectivity index (χ2n) is 6.23. The van der Waals surface area contributed by atoms with Crippen LogP contribution >= 0.6 is 0 Å². The highest BCUT2D eigenvalue weighted by Gasteiger charge is 2.36. The lowest BCUT2D eigenvalue weighted by Gasteiger charge is -2.09. The Balaban J connectivity index is 1.40. The van der Waals surface area contributed by atoms with Crippen LogP contribution in [0, 0.1) is 6.92 Å². The summed E-state index contributed by atoms with van der Waals surface area (Å²) in [6.45, 7) is 2.23. The molecule has 4 rings (SSSR count). The number of carbonyl (C=O) groups excluding carboxylic acids is 1. The van der Waals surface area contributed by atoms with Gasteiger partial charge < -0.3 is 14.4 Å². The lowest BCUT2D eigenvalue weighted by molar-refractivity contribution is -0.120. The Bertz CT molecular complexity index is 697. The molecule has 2 aromatic rings. The molecule has 22 heavy (non-hydrogen) atoms. The van der Waals surface area contributed by atoms with E-state index in [1.807, 2.05) is 6.92 Å². The van der Waals surface area contributed by atoms with Crippen molar-refractivity contribution in [3.05, 3.63) is 29.2 Å². The fourth-order valence-electron chi connectivity index (χ4n) is 2.71. The van der Waals surface area contributed by atoms with Crippen LogP contribution in [0.5, 0.6) is 0 Å². The van der Waals surface area contributed by atoms with Crippen LogP contribution < -0.4 is 5.32 Å². The smallest absolute Gasteiger partial charge is 0.226 e. The SMILES string of the molecule is Cc1cc(CC(=O)NCc2nnc(C3CC3)n2C2CC2)no1. The van der Waals surface area contributed by atoms with E-state index in [1.165, 1.54) is 25.7 Å². The maximum atomic E-state index is 12.0. The second kappa shape index (κ2) is 5.23. The molecule has 2 heterocycles. The number of amides is 1. The molecule has 1 amide bonds. The van der Waals surface area contributed by atoms with Crippen LogP contribution in [-0.4, -0.2) is 25.8 Å². The van der Waals surface area contributed by atoms with Crippen molar-refractivity contribution in [3.63, 3.8) is 0 Å². The molecular weight excluding hydrogens is 282 g/mol. The zero-order valence-electron chi connectivity index (χ0n) is 12.6. The van der Waals surface area contributed by atoms with Crippen molar-refractivity contribution >= 4 is 5.91 Å². The van der Waals surface area contributed by atoms with Gasteiger partial charge in [0.2, 0.25) is 5.91 Å². The zero-order chi connectivity index (χ0) is 15.1. The van der Waals surface area contributed by atoms with Gasteiger partial charge in [-0.25, -0.2) is 0 Å². The lowest BCUT2D eigenvalue weighted by atomic mass is 10.3. The number of nitrogens with zero attached hydrogens (tertiary/aromatic N) is 4. The minimum atomic E-state index is -0.0772. The molecule has 2 aliphatic rings. The summed E-state index contributed by atoms with van der Waals surface area (Å²) in [6.07, 6.45) is 5.03. The Morgan fingerprint density at radius 3 is 2.82 bits per heavy atom. The topological polar surface area (TPSA) is 85.8 Å². The highest BCUT2D eigenvalue weighted by Crippen LogP contribution is 2.44. The minimum Gasteiger partial charge on any atom is -0.361 e. The molecule has 2 aliphatic carbocycles. The van der Waals surface area contributed by atoms with Crippen molar-refractivity contribution in [2.75, 3.05) is 0 Å². The summed E-state index contributed by atoms with van der Waals surface area (Å²) in [4.78, 5) is 12.0. The van der Waals surface area contributed by atoms with Crippen LogP contribution in [0.2, 0.25) is 0 Å². The summed E-state index contributed by atoms with van der Waals surface area (Å²) >= 11 is 0. The number of hydrogen-bond acceptors (Lipinski definition) is 5. The van der Waals surface area contributed by atoms with Gasteiger partial charge in [0, 0.05) is 18.0 Å². The molecular formula is C15H19N5O2. The first-order valence-corrected chi connectivity index (χ1v) is 7.83. The number of aromatic nitrogens is 4. The van der Waals surface area contributed by atoms with Crippen LogP contribution in [0.1, 0.15) is 60.7 Å². The van der Waals surface area contributed by atoms with Crippen LogP contribution in [0.25, 0.3) is 0 Å². The first-order valence-electron chi connectivity index (χ1n) is 7.83. The third kappa shape index (κ3) is 2.75. The van der Waals surface area contributed by atoms with Crippen molar-refractivity contribution in [2.24, 2.45) is 0 Å². The van der Waals surface area contributed by atoms with Crippen molar-refractivity contribution in [1.29, 1.82) is 0 Å². The van der Waals surface area contributed by atoms with Gasteiger partial charge in [-0.3, -0.25) is 4.79 Å². The van der Waals surface area contributed by atoms with Gasteiger partial charge in [0.25, 0.3) is 0 Å². The molecule has 0 saturated heterocycles. The molecule has 0 aliphatic heterocycles. The third-order valence-electron chi connectivity index (χ3n) is 4.11. The Kier molecular flexibility index (Phi) is 3.20. The molecule has 0 bridgehead atoms. The molecule has 0 atom stereocenters. The minimum absolute atomic E-state index is 0.0772. The van der Waals surface area contributed by atoms with Gasteiger partial charge in [0.05, 0.1) is 18.7 Å². The van der Waals surface area contributed by atoms with E-state index in [9.17, 15) is 4.79 Å². The van der Waals surface area contributed by atoms with Crippen molar-refractivity contribution in [2.45, 2.75) is 57.5 Å². The van der Waals surface area contributed by atoms with E-state index >= 15 is 0 Å². The average Bonchev–Trinajstić information content (AvgIpc) is 3.42. The quantitative estimate of drug-likeness (QED) is 0.876. The first kappa shape index (κ1) is 13.5. The van der Waals surface area contributed by atoms with E-state index < -0.39 is 0 Å². The molecule has 2 aromatic heterocycles. The number of rotatable bonds is 6. The highest BCUT2D eigenvalue weighted by molar-refractivity contribution is 5.77.